The summed E-state index contributed by atoms with van der Waals surface area (Å²) >= 11 is 0. The van der Waals surface area contributed by atoms with Crippen molar-refractivity contribution < 1.29 is 0 Å². The van der Waals surface area contributed by atoms with Crippen LogP contribution in [0.1, 0.15) is 35.2 Å². The molecule has 0 bridgehead atoms. The van der Waals surface area contributed by atoms with Crippen LogP contribution >= 0.6 is 0 Å². The highest BCUT2D eigenvalue weighted by molar-refractivity contribution is 6.16. The summed E-state index contributed by atoms with van der Waals surface area (Å²) < 4.78 is 0. The highest BCUT2D eigenvalue weighted by Gasteiger charge is 2.20. The number of aromatic amines is 1. The Morgan fingerprint density at radius 3 is 2.62 bits per heavy atom. The smallest absolute Gasteiger partial charge is 0.0868 e. The van der Waals surface area contributed by atoms with Crippen molar-refractivity contribution in [2.24, 2.45) is 10.7 Å². The lowest BCUT2D eigenvalue weighted by Crippen LogP contribution is -2.41. The Kier molecular flexibility index (Phi) is 7.14. The highest BCUT2D eigenvalue weighted by Crippen LogP contribution is 2.25. The predicted molar refractivity (Wildman–Crippen MR) is 144 cm³/mol. The highest BCUT2D eigenvalue weighted by atomic mass is 15.2. The van der Waals surface area contributed by atoms with Crippen LogP contribution in [-0.4, -0.2) is 67.0 Å². The number of hydrogen-bond acceptors (Lipinski definition) is 6. The Balaban J connectivity index is 1.54. The molecule has 34 heavy (non-hydrogen) atoms. The van der Waals surface area contributed by atoms with Crippen molar-refractivity contribution in [2.75, 3.05) is 40.0 Å². The van der Waals surface area contributed by atoms with Crippen molar-refractivity contribution in [1.82, 2.24) is 14.8 Å². The largest absolute Gasteiger partial charge is 0.404 e. The van der Waals surface area contributed by atoms with Crippen LogP contribution in [0.2, 0.25) is 0 Å². The molecular formula is C27H35N7. The number of hydrogen-bond donors (Lipinski definition) is 4. The molecule has 1 fully saturated rings. The number of fused-ring (bicyclic) bond motifs is 1. The normalized spacial score (nSPS) is 16.2. The summed E-state index contributed by atoms with van der Waals surface area (Å²) in [6.45, 7) is 3.21. The lowest BCUT2D eigenvalue weighted by atomic mass is 9.99. The van der Waals surface area contributed by atoms with Gasteiger partial charge in [0.15, 0.2) is 0 Å². The number of H-pyrrole nitrogens is 1. The Hall–Kier alpha value is -3.42. The van der Waals surface area contributed by atoms with Crippen molar-refractivity contribution in [3.8, 4) is 0 Å². The van der Waals surface area contributed by atoms with Crippen LogP contribution in [0.4, 0.5) is 5.69 Å². The average Bonchev–Trinajstić information content (AvgIpc) is 3.26. The number of anilines is 1. The van der Waals surface area contributed by atoms with Crippen LogP contribution in [0.3, 0.4) is 0 Å². The van der Waals surface area contributed by atoms with E-state index in [2.05, 4.69) is 52.1 Å². The Labute approximate surface area is 201 Å². The first-order valence-electron chi connectivity index (χ1n) is 11.7. The zero-order valence-electron chi connectivity index (χ0n) is 20.3. The van der Waals surface area contributed by atoms with Crippen LogP contribution in [0.5, 0.6) is 0 Å². The number of benzene rings is 2. The monoisotopic (exact) mass is 457 g/mol. The van der Waals surface area contributed by atoms with Crippen LogP contribution in [0, 0.1) is 5.41 Å². The van der Waals surface area contributed by atoms with Gasteiger partial charge in [0.2, 0.25) is 0 Å². The lowest BCUT2D eigenvalue weighted by Gasteiger charge is -2.35. The van der Waals surface area contributed by atoms with Gasteiger partial charge in [-0.1, -0.05) is 12.1 Å². The summed E-state index contributed by atoms with van der Waals surface area (Å²) in [7, 11) is 6.05. The van der Waals surface area contributed by atoms with Gasteiger partial charge < -0.3 is 21.4 Å². The molecule has 1 aliphatic rings. The minimum absolute atomic E-state index is 0.354. The van der Waals surface area contributed by atoms with Crippen molar-refractivity contribution in [1.29, 1.82) is 5.41 Å². The predicted octanol–water partition coefficient (Wildman–Crippen LogP) is 3.69. The van der Waals surface area contributed by atoms with Crippen molar-refractivity contribution in [3.63, 3.8) is 0 Å². The summed E-state index contributed by atoms with van der Waals surface area (Å²) in [4.78, 5) is 12.3. The number of nitrogens with zero attached hydrogens (tertiary/aromatic N) is 3. The molecule has 4 rings (SSSR count). The SMILES string of the molecule is CN=C/C(=C\N)c1ccc(N)c(C(=N)c2cc3cc(CN4CCC(N(C)C)CC4)ccc3[nH]2)c1. The maximum atomic E-state index is 8.85. The first kappa shape index (κ1) is 23.7. The number of aromatic nitrogens is 1. The van der Waals surface area contributed by atoms with Crippen molar-refractivity contribution in [2.45, 2.75) is 25.4 Å². The van der Waals surface area contributed by atoms with Gasteiger partial charge >= 0.3 is 0 Å². The molecule has 2 heterocycles. The van der Waals surface area contributed by atoms with E-state index in [1.807, 2.05) is 24.3 Å². The van der Waals surface area contributed by atoms with Crippen molar-refractivity contribution in [3.05, 3.63) is 71.0 Å². The summed E-state index contributed by atoms with van der Waals surface area (Å²) in [5.41, 5.74) is 18.3. The molecule has 1 aliphatic heterocycles. The van der Waals surface area contributed by atoms with Crippen LogP contribution in [0.25, 0.3) is 16.5 Å². The molecule has 0 saturated carbocycles. The van der Waals surface area contributed by atoms with Crippen molar-refractivity contribution >= 4 is 34.1 Å². The first-order chi connectivity index (χ1) is 16.4. The molecule has 7 nitrogen and oxygen atoms in total. The maximum absolute atomic E-state index is 8.85. The van der Waals surface area contributed by atoms with E-state index in [4.69, 9.17) is 16.9 Å². The van der Waals surface area contributed by atoms with E-state index in [0.717, 1.165) is 47.4 Å². The summed E-state index contributed by atoms with van der Waals surface area (Å²) in [5, 5.41) is 9.95. The third kappa shape index (κ3) is 5.05. The van der Waals surface area contributed by atoms with E-state index >= 15 is 0 Å². The molecule has 1 saturated heterocycles. The number of nitrogen functional groups attached to an aromatic ring is 1. The molecule has 0 radical (unpaired) electrons. The van der Waals surface area contributed by atoms with E-state index in [-0.39, 0.29) is 0 Å². The molecule has 0 spiro atoms. The summed E-state index contributed by atoms with van der Waals surface area (Å²) in [6, 6.07) is 14.9. The van der Waals surface area contributed by atoms with Crippen LogP contribution in [-0.2, 0) is 6.54 Å². The third-order valence-electron chi connectivity index (χ3n) is 6.75. The lowest BCUT2D eigenvalue weighted by molar-refractivity contribution is 0.140. The zero-order chi connectivity index (χ0) is 24.2. The zero-order valence-corrected chi connectivity index (χ0v) is 20.3. The Morgan fingerprint density at radius 1 is 1.18 bits per heavy atom. The summed E-state index contributed by atoms with van der Waals surface area (Å²) in [6.07, 6.45) is 5.64. The summed E-state index contributed by atoms with van der Waals surface area (Å²) in [5.74, 6) is 0. The van der Waals surface area contributed by atoms with Gasteiger partial charge in [0.1, 0.15) is 0 Å². The number of nitrogens with two attached hydrogens (primary N) is 2. The number of aliphatic imine (C=N–C) groups is 1. The number of likely N-dealkylation sites (tertiary alicyclic amines) is 1. The molecule has 2 aromatic carbocycles. The second kappa shape index (κ2) is 10.2. The minimum atomic E-state index is 0.354. The van der Waals surface area contributed by atoms with Gasteiger partial charge in [-0.05, 0) is 81.5 Å². The second-order valence-electron chi connectivity index (χ2n) is 9.26. The van der Waals surface area contributed by atoms with Gasteiger partial charge in [0.25, 0.3) is 0 Å². The van der Waals surface area contributed by atoms with Crippen LogP contribution in [0.15, 0.2) is 53.7 Å². The fourth-order valence-corrected chi connectivity index (χ4v) is 4.72. The number of allylic oxidation sites excluding steroid dienone is 1. The Bertz CT molecular complexity index is 1230. The van der Waals surface area contributed by atoms with Gasteiger partial charge in [-0.3, -0.25) is 15.3 Å². The topological polar surface area (TPSA) is 111 Å². The first-order valence-corrected chi connectivity index (χ1v) is 11.7. The molecule has 3 aromatic rings. The second-order valence-corrected chi connectivity index (χ2v) is 9.26. The molecule has 6 N–H and O–H groups in total. The third-order valence-corrected chi connectivity index (χ3v) is 6.75. The van der Waals surface area contributed by atoms with Gasteiger partial charge in [0, 0.05) is 59.8 Å². The van der Waals surface area contributed by atoms with Crippen LogP contribution < -0.4 is 11.5 Å². The standard InChI is InChI=1S/C27H35N7/c1-31-16-21(15-28)19-5-6-24(29)23(13-19)27(30)26-14-20-12-18(4-7-25(20)32-26)17-34-10-8-22(9-11-34)33(2)3/h4-7,12-16,22,30,32H,8-11,17,28-29H2,1-3H3/b21-15+,30-27?,31-16?. The molecule has 1 aromatic heterocycles. The van der Waals surface area contributed by atoms with E-state index < -0.39 is 0 Å². The van der Waals surface area contributed by atoms with E-state index in [9.17, 15) is 0 Å². The molecule has 0 atom stereocenters. The van der Waals surface area contributed by atoms with Gasteiger partial charge in [0.05, 0.1) is 11.4 Å². The van der Waals surface area contributed by atoms with Gasteiger partial charge in [-0.15, -0.1) is 0 Å². The van der Waals surface area contributed by atoms with E-state index in [1.165, 1.54) is 24.6 Å². The number of rotatable bonds is 7. The Morgan fingerprint density at radius 2 is 1.94 bits per heavy atom. The molecule has 178 valence electrons. The molecule has 0 amide bonds. The fourth-order valence-electron chi connectivity index (χ4n) is 4.72. The maximum Gasteiger partial charge on any atom is 0.0868 e. The quantitative estimate of drug-likeness (QED) is 0.320. The molecule has 0 unspecified atom stereocenters. The fraction of sp³-hybridized carbons (Fsp3) is 0.333. The number of nitrogens with one attached hydrogen (secondary N) is 2. The van der Waals surface area contributed by atoms with E-state index in [1.54, 1.807) is 13.3 Å². The van der Waals surface area contributed by atoms with Gasteiger partial charge in [-0.25, -0.2) is 0 Å². The molecule has 7 heteroatoms. The average molecular weight is 458 g/mol. The minimum Gasteiger partial charge on any atom is -0.404 e. The molecule has 0 aliphatic carbocycles. The number of piperidine rings is 1. The van der Waals surface area contributed by atoms with Gasteiger partial charge in [-0.2, -0.15) is 0 Å². The molecular weight excluding hydrogens is 422 g/mol. The van der Waals surface area contributed by atoms with E-state index in [0.29, 0.717) is 23.0 Å².